The zero-order chi connectivity index (χ0) is 3.58. The summed E-state index contributed by atoms with van der Waals surface area (Å²) in [6.45, 7) is 0. The predicted octanol–water partition coefficient (Wildman–Crippen LogP) is -3.70. The Hall–Kier alpha value is 1.36. The normalized spacial score (nSPS) is 7.20. The minimum atomic E-state index is -3.69. The molecule has 0 fully saturated rings. The van der Waals surface area contributed by atoms with Gasteiger partial charge in [0, 0.05) is 0 Å². The van der Waals surface area contributed by atoms with E-state index in [0.717, 1.165) is 0 Å². The van der Waals surface area contributed by atoms with Crippen molar-refractivity contribution < 1.29 is 12.3 Å². The summed E-state index contributed by atoms with van der Waals surface area (Å²) in [7, 11) is 0. The van der Waals surface area contributed by atoms with Crippen LogP contribution in [0.2, 0.25) is 0 Å². The summed E-state index contributed by atoms with van der Waals surface area (Å²) in [5.74, 6) is 0. The van der Waals surface area contributed by atoms with Crippen molar-refractivity contribution in [3.8, 4) is 0 Å². The van der Waals surface area contributed by atoms with E-state index < -0.39 is 15.7 Å². The van der Waals surface area contributed by atoms with Crippen molar-refractivity contribution in [3.05, 3.63) is 0 Å². The first-order valence-electron chi connectivity index (χ1n) is 0.565. The van der Waals surface area contributed by atoms with E-state index in [2.05, 4.69) is 0 Å². The third-order valence-corrected chi connectivity index (χ3v) is 0. The van der Waals surface area contributed by atoms with Gasteiger partial charge in [0.05, 0.1) is 0 Å². The summed E-state index contributed by atoms with van der Waals surface area (Å²) in [5.41, 5.74) is 0. The SMILES string of the molecule is [O-][As]([O-])O.[Pb+2]. The molecule has 0 atom stereocenters. The van der Waals surface area contributed by atoms with Gasteiger partial charge in [0.2, 0.25) is 0 Å². The van der Waals surface area contributed by atoms with Gasteiger partial charge in [-0.2, -0.15) is 0 Å². The van der Waals surface area contributed by atoms with Gasteiger partial charge in [-0.1, -0.05) is 0 Å². The zero-order valence-corrected chi connectivity index (χ0v) is 7.97. The average Bonchev–Trinajstić information content (AvgIpc) is 0.811. The molecule has 28 valence electrons. The van der Waals surface area contributed by atoms with Gasteiger partial charge >= 0.3 is 55.3 Å². The Bertz CT molecular complexity index is 11.6. The number of hydrogen-bond acceptors (Lipinski definition) is 3. The molecule has 2 radical (unpaired) electrons. The second-order valence-corrected chi connectivity index (χ2v) is 1.24. The standard InChI is InChI=1S/AsHO3.Pb/c2-1(3)4;/h2H;/q-2;+2. The van der Waals surface area contributed by atoms with Crippen LogP contribution >= 0.6 is 0 Å². The van der Waals surface area contributed by atoms with Crippen molar-refractivity contribution >= 4 is 43.0 Å². The van der Waals surface area contributed by atoms with Crippen LogP contribution in [-0.2, 0) is 0 Å². The van der Waals surface area contributed by atoms with Gasteiger partial charge in [0.25, 0.3) is 0 Å². The first-order valence-corrected chi connectivity index (χ1v) is 2.94. The molecule has 5 heavy (non-hydrogen) atoms. The monoisotopic (exact) mass is 332 g/mol. The molecule has 0 unspecified atom stereocenters. The Morgan fingerprint density at radius 1 is 1.40 bits per heavy atom. The summed E-state index contributed by atoms with van der Waals surface area (Å²) >= 11 is -3.69. The van der Waals surface area contributed by atoms with Gasteiger partial charge in [-0.05, 0) is 0 Å². The van der Waals surface area contributed by atoms with E-state index in [4.69, 9.17) is 12.3 Å². The summed E-state index contributed by atoms with van der Waals surface area (Å²) in [6.07, 6.45) is 0. The Labute approximate surface area is 55.1 Å². The minimum absolute atomic E-state index is 0. The summed E-state index contributed by atoms with van der Waals surface area (Å²) < 4.78 is 24.4. The minimum Gasteiger partial charge on any atom is 2.00 e. The quantitative estimate of drug-likeness (QED) is 0.465. The molecule has 0 amide bonds. The first-order chi connectivity index (χ1) is 1.73. The molecular weight excluding hydrogens is 330 g/mol. The molecule has 0 spiro atoms. The van der Waals surface area contributed by atoms with Crippen LogP contribution in [0.3, 0.4) is 0 Å². The summed E-state index contributed by atoms with van der Waals surface area (Å²) in [5, 5.41) is 0. The van der Waals surface area contributed by atoms with E-state index in [0.29, 0.717) is 0 Å². The van der Waals surface area contributed by atoms with Crippen molar-refractivity contribution in [2.45, 2.75) is 0 Å². The van der Waals surface area contributed by atoms with Crippen LogP contribution in [0.25, 0.3) is 0 Å². The van der Waals surface area contributed by atoms with E-state index in [9.17, 15) is 0 Å². The van der Waals surface area contributed by atoms with E-state index in [1.807, 2.05) is 0 Å². The molecular formula is HAsO3Pb. The van der Waals surface area contributed by atoms with E-state index in [1.54, 1.807) is 0 Å². The second kappa shape index (κ2) is 5.36. The fraction of sp³-hybridized carbons (Fsp3) is 0. The Balaban J connectivity index is 0. The fourth-order valence-corrected chi connectivity index (χ4v) is 0. The Kier molecular flexibility index (Phi) is 10.3. The van der Waals surface area contributed by atoms with Gasteiger partial charge in [-0.15, -0.1) is 0 Å². The third kappa shape index (κ3) is 32.7. The maximum atomic E-state index is 8.67. The van der Waals surface area contributed by atoms with Crippen LogP contribution in [0.5, 0.6) is 0 Å². The van der Waals surface area contributed by atoms with Crippen molar-refractivity contribution in [2.75, 3.05) is 0 Å². The molecule has 0 saturated carbocycles. The average molecular weight is 331 g/mol. The fourth-order valence-electron chi connectivity index (χ4n) is 0. The first kappa shape index (κ1) is 9.61. The van der Waals surface area contributed by atoms with Crippen LogP contribution in [0.4, 0.5) is 0 Å². The van der Waals surface area contributed by atoms with Gasteiger partial charge < -0.3 is 0 Å². The second-order valence-electron chi connectivity index (χ2n) is 0.238. The third-order valence-electron chi connectivity index (χ3n) is 0. The van der Waals surface area contributed by atoms with Crippen molar-refractivity contribution in [3.63, 3.8) is 0 Å². The molecule has 0 aliphatic rings. The summed E-state index contributed by atoms with van der Waals surface area (Å²) in [4.78, 5) is 0. The van der Waals surface area contributed by atoms with Gasteiger partial charge in [-0.25, -0.2) is 0 Å². The Morgan fingerprint density at radius 2 is 1.40 bits per heavy atom. The zero-order valence-electron chi connectivity index (χ0n) is 2.21. The van der Waals surface area contributed by atoms with Crippen molar-refractivity contribution in [1.82, 2.24) is 0 Å². The van der Waals surface area contributed by atoms with Gasteiger partial charge in [0.1, 0.15) is 0 Å². The molecule has 0 aromatic carbocycles. The van der Waals surface area contributed by atoms with Crippen LogP contribution in [0, 0.1) is 0 Å². The van der Waals surface area contributed by atoms with E-state index >= 15 is 0 Å². The van der Waals surface area contributed by atoms with Gasteiger partial charge in [0.15, 0.2) is 0 Å². The van der Waals surface area contributed by atoms with Crippen LogP contribution in [0.15, 0.2) is 0 Å². The Morgan fingerprint density at radius 3 is 1.40 bits per heavy atom. The molecule has 1 N–H and O–H groups in total. The molecule has 0 rings (SSSR count). The predicted molar refractivity (Wildman–Crippen MR) is 13.7 cm³/mol. The molecule has 3 nitrogen and oxygen atoms in total. The van der Waals surface area contributed by atoms with Gasteiger partial charge in [-0.3, -0.25) is 0 Å². The molecule has 0 aliphatic carbocycles. The number of hydrogen-bond donors (Lipinski definition) is 1. The molecule has 5 heteroatoms. The molecule has 0 saturated heterocycles. The van der Waals surface area contributed by atoms with Crippen molar-refractivity contribution in [1.29, 1.82) is 0 Å². The summed E-state index contributed by atoms with van der Waals surface area (Å²) in [6, 6.07) is 0. The molecule has 0 aromatic rings. The van der Waals surface area contributed by atoms with Crippen molar-refractivity contribution in [2.24, 2.45) is 0 Å². The molecule has 0 aromatic heterocycles. The molecule has 0 aliphatic heterocycles. The van der Waals surface area contributed by atoms with Crippen LogP contribution in [0.1, 0.15) is 0 Å². The molecule has 0 heterocycles. The van der Waals surface area contributed by atoms with E-state index in [1.165, 1.54) is 0 Å². The topological polar surface area (TPSA) is 66.3 Å². The maximum absolute atomic E-state index is 8.67. The number of rotatable bonds is 0. The maximum Gasteiger partial charge on any atom is 2.00 e. The van der Waals surface area contributed by atoms with Crippen LogP contribution < -0.4 is 8.19 Å². The largest absolute Gasteiger partial charge is 2.00 e. The van der Waals surface area contributed by atoms with E-state index in [-0.39, 0.29) is 27.3 Å². The molecule has 0 bridgehead atoms. The van der Waals surface area contributed by atoms with Crippen LogP contribution in [-0.4, -0.2) is 47.1 Å². The smallest absolute Gasteiger partial charge is 2.00 e.